The van der Waals surface area contributed by atoms with Gasteiger partial charge in [-0.1, -0.05) is 24.3 Å². The maximum Gasteiger partial charge on any atom is 0.128 e. The summed E-state index contributed by atoms with van der Waals surface area (Å²) in [7, 11) is 0. The lowest BCUT2D eigenvalue weighted by atomic mass is 10.0. The molecule has 0 atom stereocenters. The van der Waals surface area contributed by atoms with Gasteiger partial charge in [0.05, 0.1) is 5.69 Å². The third-order valence-electron chi connectivity index (χ3n) is 3.79. The van der Waals surface area contributed by atoms with Crippen molar-refractivity contribution in [1.29, 1.82) is 0 Å². The quantitative estimate of drug-likeness (QED) is 0.942. The topological polar surface area (TPSA) is 29.9 Å². The van der Waals surface area contributed by atoms with Gasteiger partial charge >= 0.3 is 0 Å². The molecule has 0 radical (unpaired) electrons. The first-order valence-electron chi connectivity index (χ1n) is 6.74. The molecule has 0 bridgehead atoms. The SMILES string of the molecule is Cc1ccccc1CCc1nc(Br)c2n1CCNC2. The maximum atomic E-state index is 4.68. The number of aryl methyl sites for hydroxylation is 3. The van der Waals surface area contributed by atoms with Gasteiger partial charge in [-0.25, -0.2) is 4.98 Å². The second kappa shape index (κ2) is 5.47. The average Bonchev–Trinajstić information content (AvgIpc) is 2.75. The molecule has 0 aliphatic carbocycles. The minimum absolute atomic E-state index is 0.915. The number of halogens is 1. The molecule has 1 N–H and O–H groups in total. The van der Waals surface area contributed by atoms with Crippen LogP contribution in [0.25, 0.3) is 0 Å². The monoisotopic (exact) mass is 319 g/mol. The Morgan fingerprint density at radius 1 is 1.32 bits per heavy atom. The Balaban J connectivity index is 1.79. The highest BCUT2D eigenvalue weighted by atomic mass is 79.9. The van der Waals surface area contributed by atoms with Crippen LogP contribution >= 0.6 is 15.9 Å². The van der Waals surface area contributed by atoms with Gasteiger partial charge in [0.25, 0.3) is 0 Å². The zero-order chi connectivity index (χ0) is 13.2. The Labute approximate surface area is 122 Å². The Morgan fingerprint density at radius 2 is 2.16 bits per heavy atom. The smallest absolute Gasteiger partial charge is 0.128 e. The zero-order valence-corrected chi connectivity index (χ0v) is 12.7. The van der Waals surface area contributed by atoms with E-state index in [-0.39, 0.29) is 0 Å². The summed E-state index contributed by atoms with van der Waals surface area (Å²) in [5.74, 6) is 1.20. The third-order valence-corrected chi connectivity index (χ3v) is 4.42. The molecule has 3 nitrogen and oxygen atoms in total. The number of hydrogen-bond acceptors (Lipinski definition) is 2. The number of fused-ring (bicyclic) bond motifs is 1. The van der Waals surface area contributed by atoms with E-state index in [1.54, 1.807) is 0 Å². The molecule has 0 unspecified atom stereocenters. The summed E-state index contributed by atoms with van der Waals surface area (Å²) in [4.78, 5) is 4.68. The van der Waals surface area contributed by atoms with Gasteiger partial charge in [-0.15, -0.1) is 0 Å². The van der Waals surface area contributed by atoms with Crippen molar-refractivity contribution in [1.82, 2.24) is 14.9 Å². The Morgan fingerprint density at radius 3 is 3.00 bits per heavy atom. The first-order chi connectivity index (χ1) is 9.25. The summed E-state index contributed by atoms with van der Waals surface area (Å²) in [6.07, 6.45) is 2.06. The highest BCUT2D eigenvalue weighted by Gasteiger charge is 2.17. The van der Waals surface area contributed by atoms with Crippen LogP contribution in [0.3, 0.4) is 0 Å². The summed E-state index contributed by atoms with van der Waals surface area (Å²) in [5.41, 5.74) is 4.07. The maximum absolute atomic E-state index is 4.68. The van der Waals surface area contributed by atoms with E-state index < -0.39 is 0 Å². The number of nitrogens with one attached hydrogen (secondary N) is 1. The van der Waals surface area contributed by atoms with E-state index >= 15 is 0 Å². The highest BCUT2D eigenvalue weighted by molar-refractivity contribution is 9.10. The van der Waals surface area contributed by atoms with Crippen LogP contribution in [0.1, 0.15) is 22.6 Å². The van der Waals surface area contributed by atoms with E-state index in [1.807, 2.05) is 0 Å². The number of benzene rings is 1. The zero-order valence-electron chi connectivity index (χ0n) is 11.1. The second-order valence-electron chi connectivity index (χ2n) is 5.02. The summed E-state index contributed by atoms with van der Waals surface area (Å²) in [5, 5.41) is 3.39. The van der Waals surface area contributed by atoms with Gasteiger partial charge in [0.2, 0.25) is 0 Å². The van der Waals surface area contributed by atoms with Crippen molar-refractivity contribution in [2.45, 2.75) is 32.9 Å². The summed E-state index contributed by atoms with van der Waals surface area (Å²) >= 11 is 3.57. The van der Waals surface area contributed by atoms with Gasteiger partial charge < -0.3 is 9.88 Å². The van der Waals surface area contributed by atoms with E-state index in [9.17, 15) is 0 Å². The molecule has 0 saturated heterocycles. The van der Waals surface area contributed by atoms with Crippen molar-refractivity contribution in [3.63, 3.8) is 0 Å². The average molecular weight is 320 g/mol. The van der Waals surface area contributed by atoms with E-state index in [4.69, 9.17) is 0 Å². The molecule has 1 aliphatic heterocycles. The first-order valence-corrected chi connectivity index (χ1v) is 7.54. The molecular weight excluding hydrogens is 302 g/mol. The molecule has 100 valence electrons. The number of hydrogen-bond donors (Lipinski definition) is 1. The molecule has 0 amide bonds. The van der Waals surface area contributed by atoms with Gasteiger partial charge in [-0.05, 0) is 40.4 Å². The third kappa shape index (κ3) is 2.60. The summed E-state index contributed by atoms with van der Waals surface area (Å²) in [6, 6.07) is 8.60. The van der Waals surface area contributed by atoms with Crippen molar-refractivity contribution < 1.29 is 0 Å². The number of aromatic nitrogens is 2. The fraction of sp³-hybridized carbons (Fsp3) is 0.400. The Hall–Kier alpha value is -1.13. The number of nitrogens with zero attached hydrogens (tertiary/aromatic N) is 2. The van der Waals surface area contributed by atoms with Gasteiger partial charge in [0, 0.05) is 26.1 Å². The standard InChI is InChI=1S/C15H18BrN3/c1-11-4-2-3-5-12(11)6-7-14-18-15(16)13-10-17-8-9-19(13)14/h2-5,17H,6-10H2,1H3. The van der Waals surface area contributed by atoms with Crippen LogP contribution in [-0.2, 0) is 25.9 Å². The first kappa shape index (κ1) is 12.9. The molecule has 3 rings (SSSR count). The van der Waals surface area contributed by atoms with E-state index in [1.165, 1.54) is 22.6 Å². The number of imidazole rings is 1. The fourth-order valence-corrected chi connectivity index (χ4v) is 3.22. The van der Waals surface area contributed by atoms with Crippen molar-refractivity contribution in [2.75, 3.05) is 6.54 Å². The summed E-state index contributed by atoms with van der Waals surface area (Å²) < 4.78 is 3.36. The van der Waals surface area contributed by atoms with Crippen LogP contribution in [0.5, 0.6) is 0 Å². The molecule has 0 spiro atoms. The molecule has 1 aromatic heterocycles. The molecule has 19 heavy (non-hydrogen) atoms. The van der Waals surface area contributed by atoms with Gasteiger partial charge in [0.1, 0.15) is 10.4 Å². The van der Waals surface area contributed by atoms with Crippen LogP contribution in [0.15, 0.2) is 28.9 Å². The Kier molecular flexibility index (Phi) is 3.71. The molecule has 2 aromatic rings. The lowest BCUT2D eigenvalue weighted by Crippen LogP contribution is -2.28. The van der Waals surface area contributed by atoms with Crippen molar-refractivity contribution in [3.8, 4) is 0 Å². The van der Waals surface area contributed by atoms with E-state index in [0.717, 1.165) is 37.1 Å². The van der Waals surface area contributed by atoms with Crippen LogP contribution in [-0.4, -0.2) is 16.1 Å². The molecule has 4 heteroatoms. The number of rotatable bonds is 3. The lowest BCUT2D eigenvalue weighted by Gasteiger charge is -2.18. The highest BCUT2D eigenvalue weighted by Crippen LogP contribution is 2.21. The van der Waals surface area contributed by atoms with Gasteiger partial charge in [-0.3, -0.25) is 0 Å². The van der Waals surface area contributed by atoms with Gasteiger partial charge in [-0.2, -0.15) is 0 Å². The van der Waals surface area contributed by atoms with Crippen molar-refractivity contribution in [2.24, 2.45) is 0 Å². The van der Waals surface area contributed by atoms with Gasteiger partial charge in [0.15, 0.2) is 0 Å². The largest absolute Gasteiger partial charge is 0.329 e. The molecule has 0 fully saturated rings. The molecule has 2 heterocycles. The van der Waals surface area contributed by atoms with E-state index in [2.05, 4.69) is 62.0 Å². The summed E-state index contributed by atoms with van der Waals surface area (Å²) in [6.45, 7) is 5.15. The van der Waals surface area contributed by atoms with Crippen LogP contribution < -0.4 is 5.32 Å². The minimum atomic E-state index is 0.915. The lowest BCUT2D eigenvalue weighted by molar-refractivity contribution is 0.499. The molecular formula is C15H18BrN3. The minimum Gasteiger partial charge on any atom is -0.329 e. The van der Waals surface area contributed by atoms with Crippen molar-refractivity contribution in [3.05, 3.63) is 51.5 Å². The van der Waals surface area contributed by atoms with Crippen LogP contribution in [0.2, 0.25) is 0 Å². The van der Waals surface area contributed by atoms with Crippen molar-refractivity contribution >= 4 is 15.9 Å². The Bertz CT molecular complexity index is 589. The predicted octanol–water partition coefficient (Wildman–Crippen LogP) is 2.84. The second-order valence-corrected chi connectivity index (χ2v) is 5.77. The van der Waals surface area contributed by atoms with Crippen LogP contribution in [0, 0.1) is 6.92 Å². The normalized spacial score (nSPS) is 14.4. The predicted molar refractivity (Wildman–Crippen MR) is 80.2 cm³/mol. The molecule has 1 aliphatic rings. The van der Waals surface area contributed by atoms with E-state index in [0.29, 0.717) is 0 Å². The van der Waals surface area contributed by atoms with Crippen LogP contribution in [0.4, 0.5) is 0 Å². The molecule has 0 saturated carbocycles. The molecule has 1 aromatic carbocycles. The fourth-order valence-electron chi connectivity index (χ4n) is 2.66.